The molecule has 2 N–H and O–H groups in total. The van der Waals surface area contributed by atoms with E-state index < -0.39 is 0 Å². The maximum atomic E-state index is 6.38. The van der Waals surface area contributed by atoms with Gasteiger partial charge < -0.3 is 15.2 Å². The van der Waals surface area contributed by atoms with Gasteiger partial charge in [0.2, 0.25) is 0 Å². The summed E-state index contributed by atoms with van der Waals surface area (Å²) in [5, 5.41) is 0.630. The van der Waals surface area contributed by atoms with Crippen LogP contribution in [0.3, 0.4) is 0 Å². The Bertz CT molecular complexity index is 393. The van der Waals surface area contributed by atoms with Gasteiger partial charge in [0.05, 0.1) is 19.2 Å². The Labute approximate surface area is 108 Å². The van der Waals surface area contributed by atoms with E-state index in [9.17, 15) is 0 Å². The number of hydrogen-bond acceptors (Lipinski definition) is 3. The molecule has 0 aromatic heterocycles. The third kappa shape index (κ3) is 2.85. The summed E-state index contributed by atoms with van der Waals surface area (Å²) < 4.78 is 10.7. The van der Waals surface area contributed by atoms with Gasteiger partial charge >= 0.3 is 0 Å². The van der Waals surface area contributed by atoms with Crippen LogP contribution in [-0.2, 0) is 0 Å². The Hall–Kier alpha value is -0.930. The van der Waals surface area contributed by atoms with E-state index in [0.29, 0.717) is 17.3 Å². The molecule has 1 rings (SSSR count). The Kier molecular flexibility index (Phi) is 5.09. The third-order valence-corrected chi connectivity index (χ3v) is 3.30. The van der Waals surface area contributed by atoms with Crippen molar-refractivity contribution in [2.75, 3.05) is 20.8 Å². The first-order chi connectivity index (χ1) is 8.06. The monoisotopic (exact) mass is 257 g/mol. The molecule has 0 aliphatic carbocycles. The highest BCUT2D eigenvalue weighted by Gasteiger charge is 2.20. The molecule has 0 saturated carbocycles. The van der Waals surface area contributed by atoms with Gasteiger partial charge in [0.1, 0.15) is 11.5 Å². The summed E-state index contributed by atoms with van der Waals surface area (Å²) in [4.78, 5) is 0. The van der Waals surface area contributed by atoms with Crippen molar-refractivity contribution in [1.82, 2.24) is 0 Å². The molecule has 1 aromatic carbocycles. The second-order valence-corrected chi connectivity index (χ2v) is 4.51. The number of hydrogen-bond donors (Lipinski definition) is 1. The lowest BCUT2D eigenvalue weighted by Crippen LogP contribution is -2.07. The summed E-state index contributed by atoms with van der Waals surface area (Å²) in [7, 11) is 3.27. The minimum absolute atomic E-state index is 0.247. The van der Waals surface area contributed by atoms with Gasteiger partial charge in [-0.15, -0.1) is 0 Å². The molecule has 1 aromatic rings. The number of rotatable bonds is 5. The highest BCUT2D eigenvalue weighted by atomic mass is 35.5. The van der Waals surface area contributed by atoms with Crippen molar-refractivity contribution in [1.29, 1.82) is 0 Å². The van der Waals surface area contributed by atoms with Crippen LogP contribution in [0.1, 0.15) is 30.4 Å². The van der Waals surface area contributed by atoms with E-state index >= 15 is 0 Å². The summed E-state index contributed by atoms with van der Waals surface area (Å²) >= 11 is 6.38. The Morgan fingerprint density at radius 3 is 2.47 bits per heavy atom. The van der Waals surface area contributed by atoms with Crippen molar-refractivity contribution in [2.24, 2.45) is 5.73 Å². The molecule has 0 fully saturated rings. The van der Waals surface area contributed by atoms with E-state index in [2.05, 4.69) is 6.92 Å². The number of benzene rings is 1. The van der Waals surface area contributed by atoms with E-state index in [1.165, 1.54) is 0 Å². The standard InChI is InChI=1S/C13H20ClNO2/c1-8(5-6-15)11-10(16-3)7-9(2)13(17-4)12(11)14/h7-8H,5-6,15H2,1-4H3. The van der Waals surface area contributed by atoms with Gasteiger partial charge in [-0.1, -0.05) is 18.5 Å². The normalized spacial score (nSPS) is 12.4. The second kappa shape index (κ2) is 6.12. The van der Waals surface area contributed by atoms with Gasteiger partial charge in [-0.05, 0) is 37.4 Å². The SMILES string of the molecule is COc1cc(C)c(OC)c(Cl)c1C(C)CCN. The number of ether oxygens (including phenoxy) is 2. The predicted octanol–water partition coefficient (Wildman–Crippen LogP) is 3.12. The molecular formula is C13H20ClNO2. The molecule has 4 heteroatoms. The number of aryl methyl sites for hydroxylation is 1. The van der Waals surface area contributed by atoms with Gasteiger partial charge in [0.25, 0.3) is 0 Å². The van der Waals surface area contributed by atoms with Gasteiger partial charge in [0, 0.05) is 5.56 Å². The molecule has 0 saturated heterocycles. The van der Waals surface area contributed by atoms with Crippen LogP contribution >= 0.6 is 11.6 Å². The number of nitrogens with two attached hydrogens (primary N) is 1. The van der Waals surface area contributed by atoms with E-state index in [1.54, 1.807) is 14.2 Å². The zero-order valence-electron chi connectivity index (χ0n) is 10.8. The van der Waals surface area contributed by atoms with Crippen LogP contribution in [0.25, 0.3) is 0 Å². The van der Waals surface area contributed by atoms with Gasteiger partial charge in [-0.25, -0.2) is 0 Å². The Balaban J connectivity index is 3.34. The average molecular weight is 258 g/mol. The highest BCUT2D eigenvalue weighted by molar-refractivity contribution is 6.33. The zero-order chi connectivity index (χ0) is 13.0. The van der Waals surface area contributed by atoms with Crippen molar-refractivity contribution >= 4 is 11.6 Å². The average Bonchev–Trinajstić information content (AvgIpc) is 2.28. The summed E-state index contributed by atoms with van der Waals surface area (Å²) in [6, 6.07) is 1.95. The van der Waals surface area contributed by atoms with Crippen LogP contribution in [-0.4, -0.2) is 20.8 Å². The van der Waals surface area contributed by atoms with Crippen LogP contribution in [0, 0.1) is 6.92 Å². The van der Waals surface area contributed by atoms with Crippen molar-refractivity contribution < 1.29 is 9.47 Å². The number of halogens is 1. The zero-order valence-corrected chi connectivity index (χ0v) is 11.6. The van der Waals surface area contributed by atoms with E-state index in [1.807, 2.05) is 13.0 Å². The van der Waals surface area contributed by atoms with Crippen molar-refractivity contribution in [2.45, 2.75) is 26.2 Å². The summed E-state index contributed by atoms with van der Waals surface area (Å²) in [5.74, 6) is 1.76. The van der Waals surface area contributed by atoms with Crippen molar-refractivity contribution in [3.63, 3.8) is 0 Å². The molecule has 0 heterocycles. The highest BCUT2D eigenvalue weighted by Crippen LogP contribution is 2.42. The molecule has 0 radical (unpaired) electrons. The van der Waals surface area contributed by atoms with Gasteiger partial charge in [-0.2, -0.15) is 0 Å². The molecule has 0 aliphatic heterocycles. The molecule has 96 valence electrons. The number of methoxy groups -OCH3 is 2. The van der Waals surface area contributed by atoms with Gasteiger partial charge in [0.15, 0.2) is 0 Å². The molecular weight excluding hydrogens is 238 g/mol. The van der Waals surface area contributed by atoms with Crippen LogP contribution in [0.4, 0.5) is 0 Å². The Morgan fingerprint density at radius 2 is 2.00 bits per heavy atom. The predicted molar refractivity (Wildman–Crippen MR) is 71.4 cm³/mol. The Morgan fingerprint density at radius 1 is 1.35 bits per heavy atom. The lowest BCUT2D eigenvalue weighted by molar-refractivity contribution is 0.393. The van der Waals surface area contributed by atoms with E-state index in [-0.39, 0.29) is 5.92 Å². The maximum absolute atomic E-state index is 6.38. The fourth-order valence-electron chi connectivity index (χ4n) is 2.02. The maximum Gasteiger partial charge on any atom is 0.140 e. The molecule has 0 amide bonds. The molecule has 3 nitrogen and oxygen atoms in total. The second-order valence-electron chi connectivity index (χ2n) is 4.14. The van der Waals surface area contributed by atoms with Crippen LogP contribution in [0.15, 0.2) is 6.07 Å². The van der Waals surface area contributed by atoms with Crippen LogP contribution < -0.4 is 15.2 Å². The molecule has 17 heavy (non-hydrogen) atoms. The lowest BCUT2D eigenvalue weighted by Gasteiger charge is -2.20. The van der Waals surface area contributed by atoms with Crippen LogP contribution in [0.5, 0.6) is 11.5 Å². The van der Waals surface area contributed by atoms with E-state index in [0.717, 1.165) is 23.3 Å². The van der Waals surface area contributed by atoms with Crippen LogP contribution in [0.2, 0.25) is 5.02 Å². The molecule has 0 bridgehead atoms. The summed E-state index contributed by atoms with van der Waals surface area (Å²) in [5.41, 5.74) is 7.54. The topological polar surface area (TPSA) is 44.5 Å². The largest absolute Gasteiger partial charge is 0.496 e. The molecule has 0 aliphatic rings. The summed E-state index contributed by atoms with van der Waals surface area (Å²) in [6.45, 7) is 4.66. The minimum Gasteiger partial charge on any atom is -0.496 e. The quantitative estimate of drug-likeness (QED) is 0.882. The molecule has 1 unspecified atom stereocenters. The lowest BCUT2D eigenvalue weighted by atomic mass is 9.95. The first kappa shape index (κ1) is 14.1. The first-order valence-corrected chi connectivity index (χ1v) is 6.05. The van der Waals surface area contributed by atoms with Gasteiger partial charge in [-0.3, -0.25) is 0 Å². The first-order valence-electron chi connectivity index (χ1n) is 5.67. The van der Waals surface area contributed by atoms with Crippen molar-refractivity contribution in [3.05, 3.63) is 22.2 Å². The fraction of sp³-hybridized carbons (Fsp3) is 0.538. The van der Waals surface area contributed by atoms with Crippen molar-refractivity contribution in [3.8, 4) is 11.5 Å². The molecule has 0 spiro atoms. The van der Waals surface area contributed by atoms with E-state index in [4.69, 9.17) is 26.8 Å². The molecule has 1 atom stereocenters. The third-order valence-electron chi connectivity index (χ3n) is 2.92. The smallest absolute Gasteiger partial charge is 0.140 e. The summed E-state index contributed by atoms with van der Waals surface area (Å²) in [6.07, 6.45) is 0.863. The minimum atomic E-state index is 0.247. The fourth-order valence-corrected chi connectivity index (χ4v) is 2.52.